The number of hydrogen-bond acceptors (Lipinski definition) is 8. The molecule has 0 saturated heterocycles. The Balaban J connectivity index is 1.21. The number of nitrogen functional groups attached to an aromatic ring is 1. The lowest BCUT2D eigenvalue weighted by molar-refractivity contribution is -0.0236. The predicted molar refractivity (Wildman–Crippen MR) is 156 cm³/mol. The molecule has 2 fully saturated rings. The third kappa shape index (κ3) is 5.30. The fourth-order valence-electron chi connectivity index (χ4n) is 6.61. The molecule has 1 spiro atoms. The number of benzene rings is 1. The van der Waals surface area contributed by atoms with Gasteiger partial charge in [0, 0.05) is 31.2 Å². The van der Waals surface area contributed by atoms with E-state index in [1.807, 2.05) is 23.1 Å². The summed E-state index contributed by atoms with van der Waals surface area (Å²) in [5.74, 6) is 1.73. The highest BCUT2D eigenvalue weighted by Gasteiger charge is 2.47. The Hall–Kier alpha value is -3.30. The predicted octanol–water partition coefficient (Wildman–Crippen LogP) is 4.27. The van der Waals surface area contributed by atoms with Gasteiger partial charge in [0.1, 0.15) is 5.52 Å². The molecule has 0 unspecified atom stereocenters. The summed E-state index contributed by atoms with van der Waals surface area (Å²) >= 11 is 0. The maximum absolute atomic E-state index is 9.64. The van der Waals surface area contributed by atoms with Crippen LogP contribution in [0.4, 0.5) is 11.8 Å². The first-order valence-corrected chi connectivity index (χ1v) is 14.5. The maximum atomic E-state index is 9.64. The van der Waals surface area contributed by atoms with E-state index in [1.165, 1.54) is 43.1 Å². The third-order valence-corrected chi connectivity index (χ3v) is 8.74. The van der Waals surface area contributed by atoms with Crippen molar-refractivity contribution in [3.63, 3.8) is 0 Å². The number of nitrogens with zero attached hydrogens (tertiary/aromatic N) is 6. The van der Waals surface area contributed by atoms with Gasteiger partial charge in [0.05, 0.1) is 24.9 Å². The molecule has 9 nitrogen and oxygen atoms in total. The fraction of sp³-hybridized carbons (Fsp3) is 0.533. The molecule has 1 aromatic carbocycles. The van der Waals surface area contributed by atoms with Crippen molar-refractivity contribution in [1.82, 2.24) is 30.0 Å². The number of nitrogens with one attached hydrogen (secondary N) is 1. The first kappa shape index (κ1) is 26.0. The van der Waals surface area contributed by atoms with Crippen molar-refractivity contribution >= 4 is 33.7 Å². The quantitative estimate of drug-likeness (QED) is 0.249. The molecule has 39 heavy (non-hydrogen) atoms. The summed E-state index contributed by atoms with van der Waals surface area (Å²) < 4.78 is 1.90. The molecule has 3 heterocycles. The number of aromatic nitrogens is 5. The Kier molecular flexibility index (Phi) is 7.36. The van der Waals surface area contributed by atoms with E-state index in [0.717, 1.165) is 54.9 Å². The van der Waals surface area contributed by atoms with E-state index < -0.39 is 0 Å². The average Bonchev–Trinajstić information content (AvgIpc) is 3.29. The van der Waals surface area contributed by atoms with Gasteiger partial charge in [-0.1, -0.05) is 38.0 Å². The van der Waals surface area contributed by atoms with E-state index in [9.17, 15) is 5.11 Å². The molecule has 2 aliphatic rings. The van der Waals surface area contributed by atoms with Crippen molar-refractivity contribution in [2.45, 2.75) is 65.0 Å². The first-order valence-electron chi connectivity index (χ1n) is 14.5. The van der Waals surface area contributed by atoms with Crippen molar-refractivity contribution < 1.29 is 5.11 Å². The number of rotatable bonds is 12. The molecule has 4 aromatic rings. The smallest absolute Gasteiger partial charge is 0.222 e. The van der Waals surface area contributed by atoms with Crippen LogP contribution < -0.4 is 16.0 Å². The van der Waals surface area contributed by atoms with Gasteiger partial charge in [0.15, 0.2) is 11.3 Å². The largest absolute Gasteiger partial charge is 0.395 e. The van der Waals surface area contributed by atoms with Gasteiger partial charge in [-0.2, -0.15) is 10.1 Å². The van der Waals surface area contributed by atoms with Gasteiger partial charge in [-0.15, -0.1) is 0 Å². The van der Waals surface area contributed by atoms with Crippen LogP contribution in [0.2, 0.25) is 0 Å². The van der Waals surface area contributed by atoms with Crippen LogP contribution in [0, 0.1) is 11.3 Å². The van der Waals surface area contributed by atoms with Crippen molar-refractivity contribution in [3.8, 4) is 0 Å². The number of nitrogens with two attached hydrogens (primary N) is 1. The molecule has 4 N–H and O–H groups in total. The Labute approximate surface area is 229 Å². The number of pyridine rings is 1. The minimum atomic E-state index is 0.0378. The van der Waals surface area contributed by atoms with Crippen LogP contribution in [0.3, 0.4) is 0 Å². The highest BCUT2D eigenvalue weighted by atomic mass is 16.3. The molecule has 2 aliphatic carbocycles. The summed E-state index contributed by atoms with van der Waals surface area (Å²) in [5.41, 5.74) is 11.6. The second kappa shape index (κ2) is 11.1. The Morgan fingerprint density at radius 2 is 1.97 bits per heavy atom. The van der Waals surface area contributed by atoms with E-state index in [0.29, 0.717) is 29.9 Å². The SMILES string of the molecule is CCCCN(CCO)c1nc(N)nc2cn(Cc3ccc(CNCC4CC5(CCC5)C4)c4cccnc34)nc12. The van der Waals surface area contributed by atoms with Crippen LogP contribution in [0.15, 0.2) is 36.7 Å². The van der Waals surface area contributed by atoms with Gasteiger partial charge >= 0.3 is 0 Å². The maximum Gasteiger partial charge on any atom is 0.222 e. The lowest BCUT2D eigenvalue weighted by atomic mass is 9.52. The van der Waals surface area contributed by atoms with Crippen molar-refractivity contribution in [1.29, 1.82) is 0 Å². The van der Waals surface area contributed by atoms with Gasteiger partial charge in [-0.25, -0.2) is 4.98 Å². The van der Waals surface area contributed by atoms with Crippen LogP contribution in [-0.2, 0) is 13.1 Å². The second-order valence-corrected chi connectivity index (χ2v) is 11.6. The number of aliphatic hydroxyl groups is 1. The van der Waals surface area contributed by atoms with Gasteiger partial charge in [0.25, 0.3) is 0 Å². The van der Waals surface area contributed by atoms with Crippen LogP contribution >= 0.6 is 0 Å². The highest BCUT2D eigenvalue weighted by Crippen LogP contribution is 2.58. The third-order valence-electron chi connectivity index (χ3n) is 8.74. The van der Waals surface area contributed by atoms with Crippen molar-refractivity contribution in [3.05, 3.63) is 47.8 Å². The van der Waals surface area contributed by atoms with E-state index >= 15 is 0 Å². The molecule has 0 atom stereocenters. The second-order valence-electron chi connectivity index (χ2n) is 11.6. The summed E-state index contributed by atoms with van der Waals surface area (Å²) in [7, 11) is 0. The van der Waals surface area contributed by atoms with Crippen LogP contribution in [0.25, 0.3) is 21.9 Å². The van der Waals surface area contributed by atoms with Crippen LogP contribution in [0.1, 0.15) is 63.0 Å². The monoisotopic (exact) mass is 528 g/mol. The molecular formula is C30H40N8O. The zero-order valence-electron chi connectivity index (χ0n) is 22.9. The van der Waals surface area contributed by atoms with E-state index in [1.54, 1.807) is 0 Å². The van der Waals surface area contributed by atoms with Gasteiger partial charge in [-0.05, 0) is 67.2 Å². The highest BCUT2D eigenvalue weighted by molar-refractivity contribution is 5.87. The van der Waals surface area contributed by atoms with Crippen LogP contribution in [-0.4, -0.2) is 56.1 Å². The summed E-state index contributed by atoms with van der Waals surface area (Å²) in [6, 6.07) is 8.58. The molecule has 0 radical (unpaired) electrons. The average molecular weight is 529 g/mol. The molecule has 0 amide bonds. The standard InChI is InChI=1S/C30H40N8O/c1-2-3-12-37(13-14-39)28-27-25(34-29(31)35-28)20-38(36-27)19-23-8-7-22(24-6-4-11-33-26(23)24)18-32-17-21-15-30(16-21)9-5-10-30/h4,6-8,11,20-21,32,39H,2-3,5,9-10,12-19H2,1H3,(H2,31,34). The Morgan fingerprint density at radius 3 is 2.74 bits per heavy atom. The van der Waals surface area contributed by atoms with Crippen molar-refractivity contribution in [2.75, 3.05) is 36.9 Å². The number of unbranched alkanes of at least 4 members (excludes halogenated alkanes) is 1. The van der Waals surface area contributed by atoms with Gasteiger partial charge < -0.3 is 21.1 Å². The fourth-order valence-corrected chi connectivity index (χ4v) is 6.61. The normalized spacial score (nSPS) is 16.6. The molecule has 9 heteroatoms. The van der Waals surface area contributed by atoms with Gasteiger partial charge in [-0.3, -0.25) is 9.67 Å². The minimum absolute atomic E-state index is 0.0378. The van der Waals surface area contributed by atoms with Crippen molar-refractivity contribution in [2.24, 2.45) is 11.3 Å². The lowest BCUT2D eigenvalue weighted by Crippen LogP contribution is -2.46. The number of hydrogen-bond donors (Lipinski definition) is 3. The molecular weight excluding hydrogens is 488 g/mol. The number of aliphatic hydroxyl groups excluding tert-OH is 1. The summed E-state index contributed by atoms with van der Waals surface area (Å²) in [6.45, 7) is 5.96. The molecule has 0 aliphatic heterocycles. The number of fused-ring (bicyclic) bond motifs is 2. The van der Waals surface area contributed by atoms with E-state index in [-0.39, 0.29) is 12.6 Å². The molecule has 3 aromatic heterocycles. The Bertz CT molecular complexity index is 1440. The van der Waals surface area contributed by atoms with E-state index in [4.69, 9.17) is 15.8 Å². The molecule has 2 saturated carbocycles. The first-order chi connectivity index (χ1) is 19.1. The Morgan fingerprint density at radius 1 is 1.13 bits per heavy atom. The number of anilines is 2. The van der Waals surface area contributed by atoms with Gasteiger partial charge in [0.2, 0.25) is 5.95 Å². The summed E-state index contributed by atoms with van der Waals surface area (Å²) in [6.07, 6.45) is 13.0. The zero-order valence-corrected chi connectivity index (χ0v) is 22.9. The minimum Gasteiger partial charge on any atom is -0.395 e. The lowest BCUT2D eigenvalue weighted by Gasteiger charge is -2.54. The summed E-state index contributed by atoms with van der Waals surface area (Å²) in [4.78, 5) is 15.8. The topological polar surface area (TPSA) is 118 Å². The van der Waals surface area contributed by atoms with Crippen LogP contribution in [0.5, 0.6) is 0 Å². The molecule has 0 bridgehead atoms. The molecule has 6 rings (SSSR count). The zero-order chi connectivity index (χ0) is 26.8. The summed E-state index contributed by atoms with van der Waals surface area (Å²) in [5, 5.41) is 19.4. The van der Waals surface area contributed by atoms with E-state index in [2.05, 4.69) is 45.3 Å². The molecule has 206 valence electrons.